The van der Waals surface area contributed by atoms with E-state index in [-0.39, 0.29) is 0 Å². The maximum absolute atomic E-state index is 3.64. The lowest BCUT2D eigenvalue weighted by Gasteiger charge is -2.15. The Morgan fingerprint density at radius 2 is 0.970 bits per heavy atom. The Labute approximate surface area is 194 Å². The molecule has 0 aromatic heterocycles. The normalized spacial score (nSPS) is 11.0. The predicted molar refractivity (Wildman–Crippen MR) is 142 cm³/mol. The summed E-state index contributed by atoms with van der Waals surface area (Å²) < 4.78 is 0. The minimum atomic E-state index is 1.08. The molecule has 6 rings (SSSR count). The second-order valence-electron chi connectivity index (χ2n) is 8.30. The molecule has 6 aromatic carbocycles. The summed E-state index contributed by atoms with van der Waals surface area (Å²) in [6.45, 7) is 0. The van der Waals surface area contributed by atoms with Crippen LogP contribution in [0.1, 0.15) is 0 Å². The topological polar surface area (TPSA) is 12.0 Å². The molecule has 0 radical (unpaired) electrons. The van der Waals surface area contributed by atoms with Crippen molar-refractivity contribution in [3.63, 3.8) is 0 Å². The average molecular weight is 422 g/mol. The van der Waals surface area contributed by atoms with Crippen molar-refractivity contribution in [2.24, 2.45) is 0 Å². The molecule has 156 valence electrons. The number of hydrogen-bond donors (Lipinski definition) is 1. The number of nitrogens with one attached hydrogen (secondary N) is 1. The summed E-state index contributed by atoms with van der Waals surface area (Å²) in [4.78, 5) is 0. The lowest BCUT2D eigenvalue weighted by molar-refractivity contribution is 1.56. The molecular weight excluding hydrogens is 398 g/mol. The quantitative estimate of drug-likeness (QED) is 0.299. The molecule has 0 unspecified atom stereocenters. The Hall–Kier alpha value is -4.36. The van der Waals surface area contributed by atoms with E-state index < -0.39 is 0 Å². The van der Waals surface area contributed by atoms with Gasteiger partial charge in [-0.1, -0.05) is 115 Å². The van der Waals surface area contributed by atoms with Crippen molar-refractivity contribution < 1.29 is 0 Å². The minimum Gasteiger partial charge on any atom is -0.355 e. The van der Waals surface area contributed by atoms with Crippen molar-refractivity contribution >= 4 is 32.9 Å². The Balaban J connectivity index is 1.40. The monoisotopic (exact) mass is 421 g/mol. The number of hydrogen-bond acceptors (Lipinski definition) is 1. The van der Waals surface area contributed by atoms with Crippen LogP contribution in [-0.4, -0.2) is 0 Å². The second-order valence-corrected chi connectivity index (χ2v) is 8.30. The fourth-order valence-electron chi connectivity index (χ4n) is 4.64. The standard InChI is InChI=1S/C32H23N/c1-2-9-23(10-3-1)24-17-19-26(20-18-24)33-32-22-21-30(29-14-6-7-15-31(29)32)28-16-8-12-25-11-4-5-13-27(25)28/h1-22,33H. The third-order valence-corrected chi connectivity index (χ3v) is 6.27. The van der Waals surface area contributed by atoms with Crippen LogP contribution in [0.15, 0.2) is 133 Å². The third kappa shape index (κ3) is 3.64. The molecule has 0 saturated heterocycles. The van der Waals surface area contributed by atoms with Gasteiger partial charge in [-0.2, -0.15) is 0 Å². The van der Waals surface area contributed by atoms with Crippen LogP contribution in [0.4, 0.5) is 11.4 Å². The summed E-state index contributed by atoms with van der Waals surface area (Å²) >= 11 is 0. The molecule has 0 aliphatic heterocycles. The highest BCUT2D eigenvalue weighted by atomic mass is 14.9. The molecule has 0 bridgehead atoms. The van der Waals surface area contributed by atoms with Gasteiger partial charge in [-0.05, 0) is 56.6 Å². The zero-order valence-electron chi connectivity index (χ0n) is 18.2. The van der Waals surface area contributed by atoms with Crippen LogP contribution in [0.2, 0.25) is 0 Å². The van der Waals surface area contributed by atoms with E-state index in [9.17, 15) is 0 Å². The first kappa shape index (κ1) is 19.3. The SMILES string of the molecule is c1ccc(-c2ccc(Nc3ccc(-c4cccc5ccccc45)c4ccccc34)cc2)cc1. The first-order valence-corrected chi connectivity index (χ1v) is 11.3. The Bertz CT molecular complexity index is 1560. The van der Waals surface area contributed by atoms with E-state index in [4.69, 9.17) is 0 Å². The van der Waals surface area contributed by atoms with E-state index in [1.54, 1.807) is 0 Å². The van der Waals surface area contributed by atoms with Gasteiger partial charge in [0.1, 0.15) is 0 Å². The van der Waals surface area contributed by atoms with Crippen molar-refractivity contribution in [1.82, 2.24) is 0 Å². The molecule has 0 aliphatic rings. The molecule has 0 heterocycles. The zero-order chi connectivity index (χ0) is 22.0. The summed E-state index contributed by atoms with van der Waals surface area (Å²) in [6, 6.07) is 47.3. The van der Waals surface area contributed by atoms with Gasteiger partial charge in [-0.3, -0.25) is 0 Å². The summed E-state index contributed by atoms with van der Waals surface area (Å²) in [5.41, 5.74) is 7.17. The van der Waals surface area contributed by atoms with Crippen LogP contribution in [0.5, 0.6) is 0 Å². The van der Waals surface area contributed by atoms with Crippen molar-refractivity contribution in [1.29, 1.82) is 0 Å². The van der Waals surface area contributed by atoms with Crippen molar-refractivity contribution in [3.8, 4) is 22.3 Å². The van der Waals surface area contributed by atoms with Crippen molar-refractivity contribution in [2.45, 2.75) is 0 Å². The highest BCUT2D eigenvalue weighted by Gasteiger charge is 2.10. The van der Waals surface area contributed by atoms with E-state index in [0.29, 0.717) is 0 Å². The molecule has 0 spiro atoms. The number of anilines is 2. The fraction of sp³-hybridized carbons (Fsp3) is 0. The smallest absolute Gasteiger partial charge is 0.0464 e. The van der Waals surface area contributed by atoms with Gasteiger partial charge in [0.25, 0.3) is 0 Å². The van der Waals surface area contributed by atoms with E-state index >= 15 is 0 Å². The first-order valence-electron chi connectivity index (χ1n) is 11.3. The van der Waals surface area contributed by atoms with E-state index in [0.717, 1.165) is 11.4 Å². The minimum absolute atomic E-state index is 1.08. The molecule has 33 heavy (non-hydrogen) atoms. The lowest BCUT2D eigenvalue weighted by atomic mass is 9.93. The van der Waals surface area contributed by atoms with Crippen molar-refractivity contribution in [2.75, 3.05) is 5.32 Å². The molecule has 0 saturated carbocycles. The summed E-state index contributed by atoms with van der Waals surface area (Å²) in [7, 11) is 0. The van der Waals surface area contributed by atoms with E-state index in [1.807, 2.05) is 6.07 Å². The van der Waals surface area contributed by atoms with Crippen LogP contribution in [0, 0.1) is 0 Å². The van der Waals surface area contributed by atoms with Crippen LogP contribution in [0.3, 0.4) is 0 Å². The van der Waals surface area contributed by atoms with E-state index in [1.165, 1.54) is 43.8 Å². The highest BCUT2D eigenvalue weighted by molar-refractivity contribution is 6.09. The predicted octanol–water partition coefficient (Wildman–Crippen LogP) is 9.07. The molecule has 6 aromatic rings. The summed E-state index contributed by atoms with van der Waals surface area (Å²) in [5.74, 6) is 0. The molecule has 1 heteroatoms. The molecule has 0 aliphatic carbocycles. The van der Waals surface area contributed by atoms with Crippen LogP contribution in [0.25, 0.3) is 43.8 Å². The third-order valence-electron chi connectivity index (χ3n) is 6.27. The summed E-state index contributed by atoms with van der Waals surface area (Å²) in [5, 5.41) is 8.65. The first-order chi connectivity index (χ1) is 16.4. The molecule has 0 fully saturated rings. The Morgan fingerprint density at radius 1 is 0.364 bits per heavy atom. The molecule has 0 atom stereocenters. The molecule has 1 nitrogen and oxygen atoms in total. The number of benzene rings is 6. The fourth-order valence-corrected chi connectivity index (χ4v) is 4.64. The van der Waals surface area contributed by atoms with Gasteiger partial charge in [0.05, 0.1) is 0 Å². The van der Waals surface area contributed by atoms with Gasteiger partial charge in [0.2, 0.25) is 0 Å². The number of fused-ring (bicyclic) bond motifs is 2. The van der Waals surface area contributed by atoms with Gasteiger partial charge in [0, 0.05) is 16.8 Å². The van der Waals surface area contributed by atoms with Gasteiger partial charge < -0.3 is 5.32 Å². The maximum Gasteiger partial charge on any atom is 0.0464 e. The highest BCUT2D eigenvalue weighted by Crippen LogP contribution is 2.37. The van der Waals surface area contributed by atoms with Gasteiger partial charge in [0.15, 0.2) is 0 Å². The number of rotatable bonds is 4. The Kier molecular flexibility index (Phi) is 4.86. The molecule has 1 N–H and O–H groups in total. The Morgan fingerprint density at radius 3 is 1.79 bits per heavy atom. The zero-order valence-corrected chi connectivity index (χ0v) is 18.2. The van der Waals surface area contributed by atoms with Crippen LogP contribution >= 0.6 is 0 Å². The largest absolute Gasteiger partial charge is 0.355 e. The molecular formula is C32H23N. The van der Waals surface area contributed by atoms with Gasteiger partial charge >= 0.3 is 0 Å². The van der Waals surface area contributed by atoms with E-state index in [2.05, 4.69) is 133 Å². The lowest BCUT2D eigenvalue weighted by Crippen LogP contribution is -1.93. The van der Waals surface area contributed by atoms with Gasteiger partial charge in [-0.15, -0.1) is 0 Å². The van der Waals surface area contributed by atoms with Crippen molar-refractivity contribution in [3.05, 3.63) is 133 Å². The van der Waals surface area contributed by atoms with Gasteiger partial charge in [-0.25, -0.2) is 0 Å². The summed E-state index contributed by atoms with van der Waals surface area (Å²) in [6.07, 6.45) is 0. The molecule has 0 amide bonds. The van der Waals surface area contributed by atoms with Crippen LogP contribution in [-0.2, 0) is 0 Å². The second kappa shape index (κ2) is 8.29. The maximum atomic E-state index is 3.64. The average Bonchev–Trinajstić information content (AvgIpc) is 2.90. The van der Waals surface area contributed by atoms with Crippen LogP contribution < -0.4 is 5.32 Å².